The topological polar surface area (TPSA) is 134 Å². The summed E-state index contributed by atoms with van der Waals surface area (Å²) in [5.74, 6) is 0.208. The van der Waals surface area contributed by atoms with E-state index in [9.17, 15) is 14.9 Å². The molecule has 0 amide bonds. The third kappa shape index (κ3) is 8.25. The third-order valence-electron chi connectivity index (χ3n) is 3.14. The fourth-order valence-electron chi connectivity index (χ4n) is 1.87. The number of rotatable bonds is 7. The molecule has 0 aliphatic rings. The summed E-state index contributed by atoms with van der Waals surface area (Å²) in [7, 11) is 3.08. The molecule has 2 aromatic carbocycles. The first-order valence-electron chi connectivity index (χ1n) is 7.60. The highest BCUT2D eigenvalue weighted by Crippen LogP contribution is 2.27. The monoisotopic (exact) mass is 376 g/mol. The maximum Gasteiger partial charge on any atom is 0.328 e. The molecule has 0 aromatic heterocycles. The second-order valence-electron chi connectivity index (χ2n) is 5.02. The number of carbonyl (C=O) groups is 1. The Labute approximate surface area is 155 Å². The molecule has 0 fully saturated rings. The van der Waals surface area contributed by atoms with Crippen molar-refractivity contribution in [2.24, 2.45) is 0 Å². The van der Waals surface area contributed by atoms with Gasteiger partial charge in [-0.1, -0.05) is 18.2 Å². The van der Waals surface area contributed by atoms with Gasteiger partial charge in [0.05, 0.1) is 14.2 Å². The van der Waals surface area contributed by atoms with Crippen molar-refractivity contribution in [3.8, 4) is 11.5 Å². The number of carboxylic acids is 1. The van der Waals surface area contributed by atoms with E-state index < -0.39 is 11.1 Å². The molecule has 2 aromatic rings. The zero-order valence-electron chi connectivity index (χ0n) is 14.8. The number of benzene rings is 2. The van der Waals surface area contributed by atoms with Crippen LogP contribution in [0.5, 0.6) is 11.5 Å². The first kappa shape index (κ1) is 21.3. The van der Waals surface area contributed by atoms with Crippen molar-refractivity contribution in [1.82, 2.24) is 0 Å². The molecule has 9 nitrogen and oxygen atoms in total. The molecule has 0 heterocycles. The summed E-state index contributed by atoms with van der Waals surface area (Å²) in [4.78, 5) is 24.3. The van der Waals surface area contributed by atoms with E-state index in [4.69, 9.17) is 20.3 Å². The number of nitrogens with two attached hydrogens (primary N) is 1. The van der Waals surface area contributed by atoms with Crippen LogP contribution in [-0.2, 0) is 16.2 Å². The van der Waals surface area contributed by atoms with E-state index in [1.165, 1.54) is 13.2 Å². The van der Waals surface area contributed by atoms with Gasteiger partial charge in [0.25, 0.3) is 5.09 Å². The summed E-state index contributed by atoms with van der Waals surface area (Å²) in [6, 6.07) is 11.9. The summed E-state index contributed by atoms with van der Waals surface area (Å²) >= 11 is 0. The highest BCUT2D eigenvalue weighted by atomic mass is 16.9. The van der Waals surface area contributed by atoms with Crippen LogP contribution in [0.15, 0.2) is 48.5 Å². The Bertz CT molecular complexity index is 789. The molecular formula is C18H20N2O7. The molecule has 3 N–H and O–H groups in total. The Morgan fingerprint density at radius 3 is 2.30 bits per heavy atom. The van der Waals surface area contributed by atoms with Crippen molar-refractivity contribution >= 4 is 17.7 Å². The van der Waals surface area contributed by atoms with E-state index >= 15 is 0 Å². The minimum atomic E-state index is -0.982. The van der Waals surface area contributed by atoms with Gasteiger partial charge in [0.1, 0.15) is 6.61 Å². The summed E-state index contributed by atoms with van der Waals surface area (Å²) in [5, 5.41) is 17.4. The first-order valence-corrected chi connectivity index (χ1v) is 7.60. The van der Waals surface area contributed by atoms with Crippen LogP contribution in [0.1, 0.15) is 11.1 Å². The third-order valence-corrected chi connectivity index (χ3v) is 3.14. The van der Waals surface area contributed by atoms with E-state index in [2.05, 4.69) is 4.84 Å². The molecule has 0 bridgehead atoms. The van der Waals surface area contributed by atoms with Crippen molar-refractivity contribution in [2.45, 2.75) is 6.61 Å². The number of nitrogens with zero attached hydrogens (tertiary/aromatic N) is 1. The normalized spacial score (nSPS) is 9.85. The summed E-state index contributed by atoms with van der Waals surface area (Å²) in [5.41, 5.74) is 7.50. The molecule has 27 heavy (non-hydrogen) atoms. The van der Waals surface area contributed by atoms with Gasteiger partial charge in [0.2, 0.25) is 0 Å². The Morgan fingerprint density at radius 1 is 1.15 bits per heavy atom. The van der Waals surface area contributed by atoms with E-state index in [-0.39, 0.29) is 6.61 Å². The lowest BCUT2D eigenvalue weighted by molar-refractivity contribution is -0.763. The van der Waals surface area contributed by atoms with Crippen molar-refractivity contribution in [1.29, 1.82) is 0 Å². The van der Waals surface area contributed by atoms with Gasteiger partial charge >= 0.3 is 5.97 Å². The highest BCUT2D eigenvalue weighted by Gasteiger charge is 2.02. The number of aliphatic carboxylic acids is 1. The van der Waals surface area contributed by atoms with Gasteiger partial charge in [-0.2, -0.15) is 0 Å². The highest BCUT2D eigenvalue weighted by molar-refractivity contribution is 5.85. The number of hydrogen-bond donors (Lipinski definition) is 2. The Hall–Kier alpha value is -3.75. The molecule has 0 radical (unpaired) electrons. The maximum atomic E-state index is 10.3. The molecule has 0 aliphatic heterocycles. The Kier molecular flexibility index (Phi) is 8.66. The molecule has 9 heteroatoms. The zero-order chi connectivity index (χ0) is 20.2. The molecular weight excluding hydrogens is 356 g/mol. The van der Waals surface area contributed by atoms with Crippen molar-refractivity contribution in [3.05, 3.63) is 69.8 Å². The van der Waals surface area contributed by atoms with Crippen molar-refractivity contribution < 1.29 is 29.3 Å². The van der Waals surface area contributed by atoms with Crippen LogP contribution < -0.4 is 15.2 Å². The van der Waals surface area contributed by atoms with E-state index in [0.717, 1.165) is 17.2 Å². The summed E-state index contributed by atoms with van der Waals surface area (Å²) in [6.07, 6.45) is 2.56. The van der Waals surface area contributed by atoms with Crippen LogP contribution in [0.25, 0.3) is 6.08 Å². The van der Waals surface area contributed by atoms with Crippen LogP contribution in [0.3, 0.4) is 0 Å². The predicted octanol–water partition coefficient (Wildman–Crippen LogP) is 2.78. The standard InChI is InChI=1S/C11H12O4.C7H8N2O3/c1-14-9-5-3-8(4-6-11(12)13)7-10(9)15-2;8-7-3-1-6(2-4-7)5-12-9(10)11/h3-7H,1-2H3,(H,12,13);1-4H,5,8H2. The summed E-state index contributed by atoms with van der Waals surface area (Å²) in [6.45, 7) is -0.0344. The summed E-state index contributed by atoms with van der Waals surface area (Å²) < 4.78 is 10.1. The molecule has 0 unspecified atom stereocenters. The second kappa shape index (κ2) is 11.0. The molecule has 0 saturated carbocycles. The first-order chi connectivity index (χ1) is 12.8. The molecule has 2 rings (SSSR count). The van der Waals surface area contributed by atoms with Crippen LogP contribution >= 0.6 is 0 Å². The van der Waals surface area contributed by atoms with Crippen LogP contribution in [0.4, 0.5) is 5.69 Å². The largest absolute Gasteiger partial charge is 0.493 e. The van der Waals surface area contributed by atoms with E-state index in [0.29, 0.717) is 17.2 Å². The van der Waals surface area contributed by atoms with Crippen LogP contribution in [0, 0.1) is 10.1 Å². The lowest BCUT2D eigenvalue weighted by Gasteiger charge is -2.07. The van der Waals surface area contributed by atoms with Gasteiger partial charge in [0.15, 0.2) is 11.5 Å². The number of ether oxygens (including phenoxy) is 2. The smallest absolute Gasteiger partial charge is 0.328 e. The van der Waals surface area contributed by atoms with Crippen LogP contribution in [0.2, 0.25) is 0 Å². The minimum absolute atomic E-state index is 0.0344. The van der Waals surface area contributed by atoms with Crippen molar-refractivity contribution in [3.63, 3.8) is 0 Å². The number of anilines is 1. The predicted molar refractivity (Wildman–Crippen MR) is 98.9 cm³/mol. The number of hydrogen-bond acceptors (Lipinski definition) is 7. The molecule has 0 spiro atoms. The maximum absolute atomic E-state index is 10.3. The molecule has 0 atom stereocenters. The fraction of sp³-hybridized carbons (Fsp3) is 0.167. The quantitative estimate of drug-likeness (QED) is 0.326. The molecule has 144 valence electrons. The van der Waals surface area contributed by atoms with Gasteiger partial charge in [-0.05, 0) is 41.5 Å². The van der Waals surface area contributed by atoms with Crippen LogP contribution in [-0.4, -0.2) is 30.4 Å². The fourth-order valence-corrected chi connectivity index (χ4v) is 1.87. The van der Waals surface area contributed by atoms with Gasteiger partial charge in [0, 0.05) is 11.8 Å². The van der Waals surface area contributed by atoms with Gasteiger partial charge in [-0.25, -0.2) is 4.79 Å². The number of methoxy groups -OCH3 is 2. The van der Waals surface area contributed by atoms with Gasteiger partial charge < -0.3 is 25.2 Å². The Morgan fingerprint density at radius 2 is 1.78 bits per heavy atom. The minimum Gasteiger partial charge on any atom is -0.493 e. The Balaban J connectivity index is 0.000000277. The average Bonchev–Trinajstić information content (AvgIpc) is 2.66. The van der Waals surface area contributed by atoms with E-state index in [1.54, 1.807) is 49.6 Å². The second-order valence-corrected chi connectivity index (χ2v) is 5.02. The molecule has 0 aliphatic carbocycles. The number of nitrogen functional groups attached to an aromatic ring is 1. The lowest BCUT2D eigenvalue weighted by Crippen LogP contribution is -2.00. The van der Waals surface area contributed by atoms with E-state index in [1.807, 2.05) is 0 Å². The van der Waals surface area contributed by atoms with Crippen molar-refractivity contribution in [2.75, 3.05) is 20.0 Å². The number of carboxylic acid groups (broad SMARTS) is 1. The zero-order valence-corrected chi connectivity index (χ0v) is 14.8. The van der Waals surface area contributed by atoms with Gasteiger partial charge in [-0.3, -0.25) is 0 Å². The SMILES string of the molecule is COc1ccc(C=CC(=O)O)cc1OC.Nc1ccc(CO[N+](=O)[O-])cc1. The average molecular weight is 376 g/mol. The lowest BCUT2D eigenvalue weighted by atomic mass is 10.2. The van der Waals surface area contributed by atoms with Gasteiger partial charge in [-0.15, -0.1) is 10.1 Å². The molecule has 0 saturated heterocycles.